The van der Waals surface area contributed by atoms with Crippen LogP contribution in [-0.2, 0) is 26.4 Å². The van der Waals surface area contributed by atoms with Gasteiger partial charge in [-0.1, -0.05) is 0 Å². The van der Waals surface area contributed by atoms with Crippen molar-refractivity contribution in [1.29, 1.82) is 0 Å². The van der Waals surface area contributed by atoms with E-state index in [9.17, 15) is 34.5 Å². The molecule has 6 aliphatic heterocycles. The lowest BCUT2D eigenvalue weighted by molar-refractivity contribution is 0.0680. The predicted octanol–water partition coefficient (Wildman–Crippen LogP) is 9.02. The van der Waals surface area contributed by atoms with E-state index < -0.39 is 0 Å². The van der Waals surface area contributed by atoms with Gasteiger partial charge >= 0.3 is 0 Å². The number of nitrogens with zero attached hydrogens (tertiary/aromatic N) is 6. The highest BCUT2D eigenvalue weighted by atomic mass is 16.5. The molecular formula is C60H64N6O12. The number of rotatable bonds is 15. The molecule has 6 aliphatic rings. The minimum absolute atomic E-state index is 0.0164. The molecule has 78 heavy (non-hydrogen) atoms. The summed E-state index contributed by atoms with van der Waals surface area (Å²) in [5, 5.41) is 29.3. The Morgan fingerprint density at radius 2 is 1.00 bits per heavy atom. The van der Waals surface area contributed by atoms with Crippen molar-refractivity contribution in [2.75, 3.05) is 40.0 Å². The van der Waals surface area contributed by atoms with Crippen molar-refractivity contribution in [3.05, 3.63) is 123 Å². The van der Waals surface area contributed by atoms with Crippen LogP contribution in [-0.4, -0.2) is 130 Å². The molecule has 6 heterocycles. The Morgan fingerprint density at radius 3 is 1.50 bits per heavy atom. The van der Waals surface area contributed by atoms with E-state index in [1.807, 2.05) is 45.3 Å². The Labute approximate surface area is 452 Å². The normalized spacial score (nSPS) is 19.1. The summed E-state index contributed by atoms with van der Waals surface area (Å²) in [6.07, 6.45) is 14.3. The summed E-state index contributed by atoms with van der Waals surface area (Å²) in [5.41, 5.74) is 5.90. The number of piperidine rings is 3. The summed E-state index contributed by atoms with van der Waals surface area (Å²) in [6.45, 7) is 3.74. The van der Waals surface area contributed by atoms with Gasteiger partial charge in [-0.25, -0.2) is 0 Å². The number of ketones is 1. The fraction of sp³-hybridized carbons (Fsp3) is 0.383. The van der Waals surface area contributed by atoms with Crippen molar-refractivity contribution >= 4 is 59.2 Å². The molecule has 5 aromatic carbocycles. The molecule has 18 heteroatoms. The number of aliphatic imine (C=N–C) groups is 3. The van der Waals surface area contributed by atoms with Crippen LogP contribution in [0.25, 0.3) is 0 Å². The molecule has 3 atom stereocenters. The fourth-order valence-electron chi connectivity index (χ4n) is 10.7. The van der Waals surface area contributed by atoms with E-state index >= 15 is 0 Å². The van der Waals surface area contributed by atoms with Gasteiger partial charge in [-0.05, 0) is 137 Å². The summed E-state index contributed by atoms with van der Waals surface area (Å²) in [6, 6.07) is 22.5. The van der Waals surface area contributed by atoms with E-state index in [1.165, 1.54) is 13.0 Å². The lowest BCUT2D eigenvalue weighted by Gasteiger charge is -2.32. The third kappa shape index (κ3) is 11.7. The SMILES string of the molecule is COc1cc2c(cc1OCc1cc(COc3cc4c(cc3CO)C(=O)N3CCCC[C@H]3C=N4)cc(OCCOc3ccc(C(C)=O)cc3)c1)N=C[C@@H]1CCCCN1C2=O.O=C1c2cc(CO)c(O)cc2N=C[C@@H]2CCCCN12. The lowest BCUT2D eigenvalue weighted by Crippen LogP contribution is -2.43. The lowest BCUT2D eigenvalue weighted by atomic mass is 10.0. The number of carbonyl (C=O) groups is 4. The minimum atomic E-state index is -0.320. The predicted molar refractivity (Wildman–Crippen MR) is 292 cm³/mol. The first kappa shape index (κ1) is 53.3. The number of hydrogen-bond acceptors (Lipinski definition) is 15. The Balaban J connectivity index is 0.000000303. The quantitative estimate of drug-likeness (QED) is 0.0660. The van der Waals surface area contributed by atoms with Gasteiger partial charge in [0.05, 0.1) is 72.2 Å². The molecule has 3 fully saturated rings. The zero-order chi connectivity index (χ0) is 54.3. The smallest absolute Gasteiger partial charge is 0.256 e. The zero-order valence-electron chi connectivity index (χ0n) is 43.9. The van der Waals surface area contributed by atoms with Crippen molar-refractivity contribution in [3.63, 3.8) is 0 Å². The largest absolute Gasteiger partial charge is 0.508 e. The van der Waals surface area contributed by atoms with Crippen LogP contribution in [0.5, 0.6) is 34.5 Å². The standard InChI is InChI=1S/C46H48N4O9.C14H16N2O3/c1-29(52)32-9-11-36(12-10-32)56-15-16-57-37-18-30(27-58-42-22-40-38(20-33(42)26-51)45(53)49-13-5-3-7-34(49)24-47-40)17-31(19-37)28-59-44-23-41-39(21-43(44)55-2)46(54)50-14-6-4-8-35(50)25-48-41;17-8-9-5-11-12(6-13(9)18)15-7-10-3-1-2-4-16(10)14(11)19/h9-12,17-25,34-35,51H,3-8,13-16,26-28H2,1-2H3;5-7,10,17-18H,1-4,8H2/t34-,35-;10-/m00/s1. The topological polar surface area (TPSA) is 222 Å². The number of carbonyl (C=O) groups excluding carboxylic acids is 4. The van der Waals surface area contributed by atoms with Gasteiger partial charge in [-0.15, -0.1) is 0 Å². The summed E-state index contributed by atoms with van der Waals surface area (Å²) < 4.78 is 30.5. The van der Waals surface area contributed by atoms with Crippen LogP contribution in [0.2, 0.25) is 0 Å². The van der Waals surface area contributed by atoms with Gasteiger partial charge < -0.3 is 53.7 Å². The van der Waals surface area contributed by atoms with Crippen LogP contribution in [0, 0.1) is 0 Å². The third-order valence-corrected chi connectivity index (χ3v) is 15.0. The summed E-state index contributed by atoms with van der Waals surface area (Å²) in [7, 11) is 1.54. The average Bonchev–Trinajstić information content (AvgIpc) is 3.77. The number of phenols is 1. The van der Waals surface area contributed by atoms with E-state index in [-0.39, 0.29) is 87.0 Å². The Kier molecular flexibility index (Phi) is 16.5. The number of fused-ring (bicyclic) bond motifs is 6. The summed E-state index contributed by atoms with van der Waals surface area (Å²) in [4.78, 5) is 70.6. The maximum absolute atomic E-state index is 13.6. The first-order chi connectivity index (χ1) is 38.0. The molecule has 3 saturated heterocycles. The number of hydrogen-bond donors (Lipinski definition) is 3. The number of benzene rings is 5. The highest BCUT2D eigenvalue weighted by molar-refractivity contribution is 6.05. The molecule has 0 aromatic heterocycles. The Hall–Kier alpha value is -8.09. The second-order valence-electron chi connectivity index (χ2n) is 20.2. The Bertz CT molecular complexity index is 3050. The van der Waals surface area contributed by atoms with Crippen LogP contribution in [0.1, 0.15) is 128 Å². The second kappa shape index (κ2) is 24.1. The molecule has 5 aromatic rings. The monoisotopic (exact) mass is 1060 g/mol. The molecule has 0 unspecified atom stereocenters. The van der Waals surface area contributed by atoms with Crippen molar-refractivity contribution in [3.8, 4) is 34.5 Å². The third-order valence-electron chi connectivity index (χ3n) is 15.0. The van der Waals surface area contributed by atoms with Crippen molar-refractivity contribution in [1.82, 2.24) is 14.7 Å². The van der Waals surface area contributed by atoms with Gasteiger partial charge in [0.2, 0.25) is 0 Å². The molecule has 406 valence electrons. The van der Waals surface area contributed by atoms with Crippen LogP contribution < -0.4 is 23.7 Å². The van der Waals surface area contributed by atoms with Crippen molar-refractivity contribution in [2.24, 2.45) is 15.0 Å². The molecule has 11 rings (SSSR count). The summed E-state index contributed by atoms with van der Waals surface area (Å²) >= 11 is 0. The number of Topliss-reactive ketones (excluding diaryl/α,β-unsaturated/α-hetero) is 1. The van der Waals surface area contributed by atoms with Gasteiger partial charge in [0.25, 0.3) is 17.7 Å². The van der Waals surface area contributed by atoms with Gasteiger partial charge in [0, 0.05) is 73.2 Å². The molecule has 0 aliphatic carbocycles. The van der Waals surface area contributed by atoms with Crippen molar-refractivity contribution < 1.29 is 58.2 Å². The summed E-state index contributed by atoms with van der Waals surface area (Å²) in [5.74, 6) is 2.20. The van der Waals surface area contributed by atoms with Gasteiger partial charge in [0.1, 0.15) is 49.4 Å². The number of amides is 3. The first-order valence-corrected chi connectivity index (χ1v) is 26.8. The van der Waals surface area contributed by atoms with Crippen molar-refractivity contribution in [2.45, 2.75) is 109 Å². The molecule has 3 amide bonds. The highest BCUT2D eigenvalue weighted by Crippen LogP contribution is 2.40. The number of aromatic hydroxyl groups is 1. The average molecular weight is 1060 g/mol. The van der Waals surface area contributed by atoms with E-state index in [4.69, 9.17) is 28.7 Å². The van der Waals surface area contributed by atoms with Crippen LogP contribution in [0.4, 0.5) is 17.1 Å². The second-order valence-corrected chi connectivity index (χ2v) is 20.2. The van der Waals surface area contributed by atoms with E-state index in [0.29, 0.717) is 92.3 Å². The Morgan fingerprint density at radius 1 is 0.538 bits per heavy atom. The highest BCUT2D eigenvalue weighted by Gasteiger charge is 2.34. The number of aliphatic hydroxyl groups excluding tert-OH is 2. The molecule has 0 saturated carbocycles. The molecular weight excluding hydrogens is 997 g/mol. The number of aliphatic hydroxyl groups is 2. The van der Waals surface area contributed by atoms with E-state index in [2.05, 4.69) is 9.98 Å². The maximum Gasteiger partial charge on any atom is 0.256 e. The number of ether oxygens (including phenoxy) is 5. The van der Waals surface area contributed by atoms with Crippen LogP contribution in [0.15, 0.2) is 93.8 Å². The maximum atomic E-state index is 13.6. The van der Waals surface area contributed by atoms with Gasteiger partial charge in [-0.2, -0.15) is 0 Å². The molecule has 0 spiro atoms. The minimum Gasteiger partial charge on any atom is -0.508 e. The number of methoxy groups -OCH3 is 1. The molecule has 3 N–H and O–H groups in total. The van der Waals surface area contributed by atoms with Gasteiger partial charge in [-0.3, -0.25) is 34.2 Å². The molecule has 0 bridgehead atoms. The first-order valence-electron chi connectivity index (χ1n) is 26.8. The zero-order valence-corrected chi connectivity index (χ0v) is 43.9. The fourth-order valence-corrected chi connectivity index (χ4v) is 10.7. The van der Waals surface area contributed by atoms with E-state index in [1.54, 1.807) is 67.9 Å². The molecule has 18 nitrogen and oxygen atoms in total. The molecule has 0 radical (unpaired) electrons. The van der Waals surface area contributed by atoms with Crippen LogP contribution >= 0.6 is 0 Å². The van der Waals surface area contributed by atoms with Gasteiger partial charge in [0.15, 0.2) is 17.3 Å². The van der Waals surface area contributed by atoms with E-state index in [0.717, 1.165) is 75.5 Å². The van der Waals surface area contributed by atoms with Crippen LogP contribution in [0.3, 0.4) is 0 Å².